The van der Waals surface area contributed by atoms with Crippen molar-refractivity contribution in [3.05, 3.63) is 52.6 Å². The van der Waals surface area contributed by atoms with Crippen LogP contribution in [0.3, 0.4) is 0 Å². The van der Waals surface area contributed by atoms with Crippen LogP contribution in [0.5, 0.6) is 0 Å². The second kappa shape index (κ2) is 11.6. The third-order valence-corrected chi connectivity index (χ3v) is 20.8. The molecular formula is C33H54N6O5Si2. The summed E-state index contributed by atoms with van der Waals surface area (Å²) in [5.74, 6) is 0.0167. The van der Waals surface area contributed by atoms with Gasteiger partial charge in [-0.3, -0.25) is 14.3 Å². The number of hydrogen-bond acceptors (Lipinski definition) is 9. The molecule has 11 nitrogen and oxygen atoms in total. The maximum Gasteiger partial charge on any atom is 0.340 e. The molecule has 2 aromatic heterocycles. The van der Waals surface area contributed by atoms with Gasteiger partial charge in [-0.1, -0.05) is 113 Å². The summed E-state index contributed by atoms with van der Waals surface area (Å²) < 4.78 is 31.6. The number of nitrogen functional groups attached to an aromatic ring is 1. The number of aromatic amines is 1. The Hall–Kier alpha value is -2.40. The maximum absolute atomic E-state index is 12.8. The fraction of sp³-hybridized carbons (Fsp3) is 0.667. The van der Waals surface area contributed by atoms with Gasteiger partial charge in [-0.2, -0.15) is 4.98 Å². The lowest BCUT2D eigenvalue weighted by Gasteiger charge is -2.60. The van der Waals surface area contributed by atoms with Gasteiger partial charge in [0.15, 0.2) is 17.4 Å². The van der Waals surface area contributed by atoms with Crippen LogP contribution < -0.4 is 16.6 Å². The van der Waals surface area contributed by atoms with E-state index in [9.17, 15) is 4.79 Å². The molecule has 0 spiro atoms. The number of rotatable bonds is 4. The van der Waals surface area contributed by atoms with E-state index >= 15 is 0 Å². The predicted octanol–water partition coefficient (Wildman–Crippen LogP) is 6.27. The molecule has 2 fully saturated rings. The number of H-pyrrole nitrogens is 1. The molecule has 13 heteroatoms. The molecule has 0 bridgehead atoms. The normalized spacial score (nSPS) is 25.7. The average molecular weight is 672 g/mol. The van der Waals surface area contributed by atoms with E-state index in [-0.39, 0.29) is 37.7 Å². The summed E-state index contributed by atoms with van der Waals surface area (Å²) in [4.78, 5) is 24.2. The number of hydrogen-bond donors (Lipinski definition) is 3. The summed E-state index contributed by atoms with van der Waals surface area (Å²) in [7, 11) is -6.32. The molecule has 3 aromatic rings. The molecule has 46 heavy (non-hydrogen) atoms. The van der Waals surface area contributed by atoms with Crippen LogP contribution in [0.25, 0.3) is 11.2 Å². The van der Waals surface area contributed by atoms with E-state index in [4.69, 9.17) is 23.4 Å². The highest BCUT2D eigenvalue weighted by Gasteiger charge is 2.71. The van der Waals surface area contributed by atoms with Crippen molar-refractivity contribution in [1.29, 1.82) is 0 Å². The largest absolute Gasteiger partial charge is 0.413 e. The molecular weight excluding hydrogens is 618 g/mol. The number of fused-ring (bicyclic) bond motifs is 2. The predicted molar refractivity (Wildman–Crippen MR) is 186 cm³/mol. The molecule has 4 atom stereocenters. The second-order valence-electron chi connectivity index (χ2n) is 17.0. The molecule has 0 radical (unpaired) electrons. The Morgan fingerprint density at radius 1 is 0.935 bits per heavy atom. The van der Waals surface area contributed by atoms with Gasteiger partial charge in [0.2, 0.25) is 5.95 Å². The lowest BCUT2D eigenvalue weighted by molar-refractivity contribution is -0.0600. The fourth-order valence-electron chi connectivity index (χ4n) is 7.73. The Morgan fingerprint density at radius 3 is 2.09 bits per heavy atom. The smallest absolute Gasteiger partial charge is 0.340 e. The number of anilines is 1. The molecule has 2 aliphatic heterocycles. The Labute approximate surface area is 275 Å². The van der Waals surface area contributed by atoms with E-state index in [1.807, 2.05) is 18.2 Å². The van der Waals surface area contributed by atoms with E-state index in [0.29, 0.717) is 18.8 Å². The van der Waals surface area contributed by atoms with Crippen LogP contribution in [0.4, 0.5) is 5.95 Å². The summed E-state index contributed by atoms with van der Waals surface area (Å²) in [6.07, 6.45) is 0.104. The van der Waals surface area contributed by atoms with Gasteiger partial charge in [0.25, 0.3) is 5.56 Å². The Balaban J connectivity index is 1.71. The molecule has 2 aliphatic rings. The van der Waals surface area contributed by atoms with Gasteiger partial charge < -0.3 is 28.8 Å². The zero-order chi connectivity index (χ0) is 34.1. The Kier molecular flexibility index (Phi) is 8.84. The zero-order valence-electron chi connectivity index (χ0n) is 29.6. The Bertz CT molecular complexity index is 1570. The number of imidazole rings is 1. The highest BCUT2D eigenvalue weighted by molar-refractivity contribution is 6.86. The van der Waals surface area contributed by atoms with Crippen molar-refractivity contribution in [2.75, 3.05) is 12.3 Å². The van der Waals surface area contributed by atoms with Crippen LogP contribution in [-0.4, -0.2) is 61.5 Å². The SMILES string of the molecule is CC(C)(C)[Si]1(C(C)(C)C)OC[C@H]2O[C@@H](n3cnc4c(=O)[nH]c(N)nc43)[C@H]([15NH]Cc3ccccc3)[C@@H]2O[Si](C(C)(C)C)(C(C)(C)C)O1. The number of benzene rings is 1. The number of nitrogens with two attached hydrogens (primary N) is 1. The van der Waals surface area contributed by atoms with Crippen molar-refractivity contribution in [2.45, 2.75) is 134 Å². The first-order valence-corrected chi connectivity index (χ1v) is 19.9. The zero-order valence-corrected chi connectivity index (χ0v) is 31.6. The lowest BCUT2D eigenvalue weighted by atomic mass is 10.1. The minimum absolute atomic E-state index is 0.0167. The van der Waals surface area contributed by atoms with Gasteiger partial charge in [0.05, 0.1) is 25.1 Å². The summed E-state index contributed by atoms with van der Waals surface area (Å²) >= 11 is 0. The summed E-state index contributed by atoms with van der Waals surface area (Å²) in [6.45, 7) is 27.8. The number of nitrogens with zero attached hydrogens (tertiary/aromatic N) is 3. The van der Waals surface area contributed by atoms with Crippen LogP contribution in [0.2, 0.25) is 20.2 Å². The maximum atomic E-state index is 12.8. The third kappa shape index (κ3) is 5.82. The molecule has 4 heterocycles. The molecule has 2 saturated heterocycles. The van der Waals surface area contributed by atoms with E-state index < -0.39 is 41.1 Å². The van der Waals surface area contributed by atoms with Crippen molar-refractivity contribution >= 4 is 34.2 Å². The second-order valence-corrected chi connectivity index (χ2v) is 26.8. The minimum atomic E-state index is -3.24. The van der Waals surface area contributed by atoms with Crippen LogP contribution in [-0.2, 0) is 24.2 Å². The first kappa shape index (κ1) is 34.9. The van der Waals surface area contributed by atoms with Gasteiger partial charge >= 0.3 is 17.1 Å². The molecule has 254 valence electrons. The average Bonchev–Trinajstić information content (AvgIpc) is 3.46. The number of nitrogens with one attached hydrogen (secondary N) is 2. The summed E-state index contributed by atoms with van der Waals surface area (Å²) in [5, 5.41) is 2.56. The first-order chi connectivity index (χ1) is 21.1. The fourth-order valence-corrected chi connectivity index (χ4v) is 21.8. The van der Waals surface area contributed by atoms with Gasteiger partial charge in [0, 0.05) is 26.7 Å². The van der Waals surface area contributed by atoms with E-state index in [0.717, 1.165) is 5.56 Å². The molecule has 0 unspecified atom stereocenters. The van der Waals surface area contributed by atoms with Gasteiger partial charge in [-0.25, -0.2) is 4.98 Å². The molecule has 5 rings (SSSR count). The number of ether oxygens (including phenoxy) is 1. The van der Waals surface area contributed by atoms with Gasteiger partial charge in [-0.05, 0) is 5.56 Å². The highest BCUT2D eigenvalue weighted by atomic mass is 28.5. The molecule has 0 aliphatic carbocycles. The quantitative estimate of drug-likeness (QED) is 0.216. The Morgan fingerprint density at radius 2 is 1.52 bits per heavy atom. The summed E-state index contributed by atoms with van der Waals surface area (Å²) in [6, 6.07) is 9.87. The van der Waals surface area contributed by atoms with Crippen molar-refractivity contribution in [2.24, 2.45) is 0 Å². The van der Waals surface area contributed by atoms with Crippen molar-refractivity contribution in [3.8, 4) is 0 Å². The van der Waals surface area contributed by atoms with Gasteiger partial charge in [-0.15, -0.1) is 0 Å². The molecule has 0 amide bonds. The van der Waals surface area contributed by atoms with Crippen molar-refractivity contribution < 1.29 is 17.7 Å². The minimum Gasteiger partial charge on any atom is -0.413 e. The molecule has 4 N–H and O–H groups in total. The summed E-state index contributed by atoms with van der Waals surface area (Å²) in [5.41, 5.74) is 7.29. The van der Waals surface area contributed by atoms with E-state index in [1.54, 1.807) is 10.9 Å². The highest BCUT2D eigenvalue weighted by Crippen LogP contribution is 2.62. The lowest BCUT2D eigenvalue weighted by Crippen LogP contribution is -2.72. The van der Waals surface area contributed by atoms with Crippen molar-refractivity contribution in [1.82, 2.24) is 24.8 Å². The van der Waals surface area contributed by atoms with Crippen molar-refractivity contribution in [3.63, 3.8) is 0 Å². The number of aromatic nitrogens is 4. The standard InChI is InChI=1S/C33H54N6O5Si2/c1-30(2,3)45(31(4,5)6)41-19-22-25(43-46(44-45,32(7,8)9)33(10,11)12)23(35-18-21-16-14-13-15-17-21)28(42-22)39-20-36-24-26(39)37-29(34)38-27(24)40/h13-17,20,22-23,25,28,35H,18-19H2,1-12H3,(H3,34,37,38,40)/t22-,23-,25-,28-/m1/s1/i35+1. The molecule has 0 saturated carbocycles. The van der Waals surface area contributed by atoms with Crippen LogP contribution in [0, 0.1) is 0 Å². The van der Waals surface area contributed by atoms with E-state index in [1.165, 1.54) is 0 Å². The topological polar surface area (TPSA) is 139 Å². The first-order valence-electron chi connectivity index (χ1n) is 16.3. The third-order valence-electron chi connectivity index (χ3n) is 9.44. The monoisotopic (exact) mass is 671 g/mol. The van der Waals surface area contributed by atoms with Crippen LogP contribution >= 0.6 is 0 Å². The van der Waals surface area contributed by atoms with Gasteiger partial charge in [0.1, 0.15) is 6.10 Å². The van der Waals surface area contributed by atoms with Crippen LogP contribution in [0.15, 0.2) is 41.5 Å². The molecule has 1 aromatic carbocycles. The van der Waals surface area contributed by atoms with Crippen LogP contribution in [0.1, 0.15) is 94.9 Å². The van der Waals surface area contributed by atoms with E-state index in [2.05, 4.69) is 115 Å².